The summed E-state index contributed by atoms with van der Waals surface area (Å²) >= 11 is 0. The first-order valence-corrected chi connectivity index (χ1v) is 4.70. The highest BCUT2D eigenvalue weighted by atomic mass is 16.6. The zero-order valence-corrected chi connectivity index (χ0v) is 9.34. The summed E-state index contributed by atoms with van der Waals surface area (Å²) in [5, 5.41) is 20.5. The van der Waals surface area contributed by atoms with Crippen molar-refractivity contribution < 1.29 is 19.6 Å². The van der Waals surface area contributed by atoms with Crippen molar-refractivity contribution in [2.75, 3.05) is 7.11 Å². The lowest BCUT2D eigenvalue weighted by molar-refractivity contribution is -0.385. The van der Waals surface area contributed by atoms with Crippen molar-refractivity contribution in [1.82, 2.24) is 0 Å². The number of phenols is 1. The van der Waals surface area contributed by atoms with E-state index in [4.69, 9.17) is 5.73 Å². The van der Waals surface area contributed by atoms with Crippen LogP contribution in [0.15, 0.2) is 12.1 Å². The van der Waals surface area contributed by atoms with E-state index in [2.05, 4.69) is 4.74 Å². The molecule has 3 N–H and O–H groups in total. The SMILES string of the molecule is COC(=O)[C@@H](N)c1c([N+](=O)[O-])ccc(C)c1O. The molecule has 0 aromatic heterocycles. The molecule has 0 heterocycles. The van der Waals surface area contributed by atoms with E-state index in [0.29, 0.717) is 5.56 Å². The summed E-state index contributed by atoms with van der Waals surface area (Å²) in [7, 11) is 1.11. The Labute approximate surface area is 97.0 Å². The molecule has 0 unspecified atom stereocenters. The maximum atomic E-state index is 11.3. The first-order valence-electron chi connectivity index (χ1n) is 4.70. The lowest BCUT2D eigenvalue weighted by Crippen LogP contribution is -2.23. The van der Waals surface area contributed by atoms with Crippen LogP contribution in [0.25, 0.3) is 0 Å². The van der Waals surface area contributed by atoms with Gasteiger partial charge in [0.2, 0.25) is 0 Å². The Kier molecular flexibility index (Phi) is 3.64. The Morgan fingerprint density at radius 1 is 1.59 bits per heavy atom. The van der Waals surface area contributed by atoms with E-state index in [1.807, 2.05) is 0 Å². The molecular weight excluding hydrogens is 228 g/mol. The topological polar surface area (TPSA) is 116 Å². The molecule has 0 spiro atoms. The second-order valence-corrected chi connectivity index (χ2v) is 3.42. The van der Waals surface area contributed by atoms with Crippen LogP contribution in [0.1, 0.15) is 17.2 Å². The predicted octanol–water partition coefficient (Wildman–Crippen LogP) is 0.782. The molecule has 17 heavy (non-hydrogen) atoms. The van der Waals surface area contributed by atoms with Gasteiger partial charge in [-0.15, -0.1) is 0 Å². The fourth-order valence-electron chi connectivity index (χ4n) is 1.42. The molecule has 0 saturated carbocycles. The number of hydrogen-bond acceptors (Lipinski definition) is 6. The van der Waals surface area contributed by atoms with Gasteiger partial charge in [0.25, 0.3) is 5.69 Å². The average Bonchev–Trinajstić information content (AvgIpc) is 2.30. The fraction of sp³-hybridized carbons (Fsp3) is 0.300. The van der Waals surface area contributed by atoms with E-state index in [0.717, 1.165) is 7.11 Å². The largest absolute Gasteiger partial charge is 0.507 e. The Bertz CT molecular complexity index is 472. The molecule has 1 aromatic rings. The van der Waals surface area contributed by atoms with Gasteiger partial charge >= 0.3 is 5.97 Å². The maximum Gasteiger partial charge on any atom is 0.327 e. The van der Waals surface area contributed by atoms with Crippen LogP contribution in [0.4, 0.5) is 5.69 Å². The molecule has 92 valence electrons. The third kappa shape index (κ3) is 2.34. The van der Waals surface area contributed by atoms with Crippen molar-refractivity contribution in [3.05, 3.63) is 33.4 Å². The number of nitro benzene ring substituents is 1. The van der Waals surface area contributed by atoms with Gasteiger partial charge < -0.3 is 15.6 Å². The quantitative estimate of drug-likeness (QED) is 0.458. The van der Waals surface area contributed by atoms with Gasteiger partial charge in [-0.25, -0.2) is 4.79 Å². The zero-order valence-electron chi connectivity index (χ0n) is 9.34. The molecule has 0 saturated heterocycles. The Hall–Kier alpha value is -2.15. The average molecular weight is 240 g/mol. The van der Waals surface area contributed by atoms with E-state index in [1.165, 1.54) is 12.1 Å². The van der Waals surface area contributed by atoms with Crippen LogP contribution in [0, 0.1) is 17.0 Å². The zero-order chi connectivity index (χ0) is 13.2. The molecule has 0 amide bonds. The Balaban J connectivity index is 3.42. The second-order valence-electron chi connectivity index (χ2n) is 3.42. The molecule has 1 atom stereocenters. The van der Waals surface area contributed by atoms with E-state index < -0.39 is 22.6 Å². The van der Waals surface area contributed by atoms with Gasteiger partial charge in [0.1, 0.15) is 11.8 Å². The summed E-state index contributed by atoms with van der Waals surface area (Å²) < 4.78 is 4.40. The van der Waals surface area contributed by atoms with Gasteiger partial charge in [-0.05, 0) is 18.6 Å². The highest BCUT2D eigenvalue weighted by molar-refractivity contribution is 5.80. The summed E-state index contributed by atoms with van der Waals surface area (Å²) in [4.78, 5) is 21.3. The number of phenolic OH excluding ortho intramolecular Hbond substituents is 1. The maximum absolute atomic E-state index is 11.3. The number of aromatic hydroxyl groups is 1. The number of aryl methyl sites for hydroxylation is 1. The fourth-order valence-corrected chi connectivity index (χ4v) is 1.42. The lowest BCUT2D eigenvalue weighted by Gasteiger charge is -2.13. The number of nitrogens with two attached hydrogens (primary N) is 1. The highest BCUT2D eigenvalue weighted by Crippen LogP contribution is 2.35. The molecule has 0 aliphatic rings. The minimum Gasteiger partial charge on any atom is -0.507 e. The van der Waals surface area contributed by atoms with Gasteiger partial charge in [0, 0.05) is 6.07 Å². The molecule has 1 aromatic carbocycles. The normalized spacial score (nSPS) is 11.9. The van der Waals surface area contributed by atoms with E-state index >= 15 is 0 Å². The molecule has 0 radical (unpaired) electrons. The second kappa shape index (κ2) is 4.79. The number of carbonyl (C=O) groups is 1. The third-order valence-electron chi connectivity index (χ3n) is 2.36. The van der Waals surface area contributed by atoms with Crippen LogP contribution >= 0.6 is 0 Å². The van der Waals surface area contributed by atoms with Crippen LogP contribution in [-0.4, -0.2) is 23.1 Å². The highest BCUT2D eigenvalue weighted by Gasteiger charge is 2.29. The van der Waals surface area contributed by atoms with Gasteiger partial charge in [0.05, 0.1) is 17.6 Å². The number of nitrogens with zero attached hydrogens (tertiary/aromatic N) is 1. The molecule has 7 heteroatoms. The van der Waals surface area contributed by atoms with Crippen molar-refractivity contribution in [3.63, 3.8) is 0 Å². The number of esters is 1. The number of benzene rings is 1. The van der Waals surface area contributed by atoms with Gasteiger partial charge in [-0.3, -0.25) is 10.1 Å². The number of methoxy groups -OCH3 is 1. The summed E-state index contributed by atoms with van der Waals surface area (Å²) in [6.07, 6.45) is 0. The number of hydrogen-bond donors (Lipinski definition) is 2. The van der Waals surface area contributed by atoms with Crippen LogP contribution in [0.2, 0.25) is 0 Å². The monoisotopic (exact) mass is 240 g/mol. The van der Waals surface area contributed by atoms with Crippen molar-refractivity contribution in [1.29, 1.82) is 0 Å². The van der Waals surface area contributed by atoms with Crippen LogP contribution in [-0.2, 0) is 9.53 Å². The summed E-state index contributed by atoms with van der Waals surface area (Å²) in [5.41, 5.74) is 5.27. The van der Waals surface area contributed by atoms with Gasteiger partial charge in [0.15, 0.2) is 0 Å². The minimum absolute atomic E-state index is 0.234. The first kappa shape index (κ1) is 12.9. The third-order valence-corrected chi connectivity index (χ3v) is 2.36. The summed E-state index contributed by atoms with van der Waals surface area (Å²) in [6, 6.07) is 1.18. The molecule has 7 nitrogen and oxygen atoms in total. The van der Waals surface area contributed by atoms with Crippen molar-refractivity contribution in [2.24, 2.45) is 5.73 Å². The van der Waals surface area contributed by atoms with E-state index in [1.54, 1.807) is 6.92 Å². The number of nitro groups is 1. The standard InChI is InChI=1S/C10H12N2O5/c1-5-3-4-6(12(15)16)7(9(5)13)8(11)10(14)17-2/h3-4,8,13H,11H2,1-2H3/t8-/m0/s1. The van der Waals surface area contributed by atoms with E-state index in [-0.39, 0.29) is 11.3 Å². The Morgan fingerprint density at radius 3 is 2.65 bits per heavy atom. The van der Waals surface area contributed by atoms with Gasteiger partial charge in [-0.1, -0.05) is 0 Å². The van der Waals surface area contributed by atoms with Crippen molar-refractivity contribution in [2.45, 2.75) is 13.0 Å². The molecule has 1 rings (SSSR count). The lowest BCUT2D eigenvalue weighted by atomic mass is 10.0. The summed E-state index contributed by atoms with van der Waals surface area (Å²) in [6.45, 7) is 1.55. The van der Waals surface area contributed by atoms with E-state index in [9.17, 15) is 20.0 Å². The predicted molar refractivity (Wildman–Crippen MR) is 58.4 cm³/mol. The smallest absolute Gasteiger partial charge is 0.327 e. The Morgan fingerprint density at radius 2 is 2.18 bits per heavy atom. The van der Waals surface area contributed by atoms with Gasteiger partial charge in [-0.2, -0.15) is 0 Å². The number of carbonyl (C=O) groups excluding carboxylic acids is 1. The number of rotatable bonds is 3. The van der Waals surface area contributed by atoms with Crippen molar-refractivity contribution >= 4 is 11.7 Å². The number of ether oxygens (including phenoxy) is 1. The van der Waals surface area contributed by atoms with Crippen LogP contribution < -0.4 is 5.73 Å². The van der Waals surface area contributed by atoms with Crippen LogP contribution in [0.3, 0.4) is 0 Å². The minimum atomic E-state index is -1.39. The van der Waals surface area contributed by atoms with Crippen LogP contribution in [0.5, 0.6) is 5.75 Å². The molecular formula is C10H12N2O5. The van der Waals surface area contributed by atoms with Crippen molar-refractivity contribution in [3.8, 4) is 5.75 Å². The molecule has 0 aliphatic carbocycles. The molecule has 0 bridgehead atoms. The summed E-state index contributed by atoms with van der Waals surface area (Å²) in [5.74, 6) is -1.22. The first-order chi connectivity index (χ1) is 7.90. The molecule has 0 aliphatic heterocycles. The molecule has 0 fully saturated rings.